The highest BCUT2D eigenvalue weighted by Crippen LogP contribution is 2.33. The molecule has 3 nitrogen and oxygen atoms in total. The van der Waals surface area contributed by atoms with E-state index >= 15 is 0 Å². The lowest BCUT2D eigenvalue weighted by Gasteiger charge is -2.18. The Morgan fingerprint density at radius 2 is 1.95 bits per heavy atom. The second-order valence-corrected chi connectivity index (χ2v) is 6.16. The van der Waals surface area contributed by atoms with Crippen LogP contribution in [0.2, 0.25) is 15.1 Å². The van der Waals surface area contributed by atoms with Crippen molar-refractivity contribution in [3.8, 4) is 5.75 Å². The van der Waals surface area contributed by atoms with Gasteiger partial charge in [0.15, 0.2) is 6.61 Å². The quantitative estimate of drug-likeness (QED) is 0.628. The van der Waals surface area contributed by atoms with E-state index in [9.17, 15) is 4.79 Å². The predicted octanol–water partition coefficient (Wildman–Crippen LogP) is 4.50. The number of ether oxygens (including phenoxy) is 1. The molecule has 21 heavy (non-hydrogen) atoms. The Labute approximate surface area is 139 Å². The van der Waals surface area contributed by atoms with E-state index in [1.165, 1.54) is 12.1 Å². The van der Waals surface area contributed by atoms with Gasteiger partial charge in [-0.3, -0.25) is 4.79 Å². The molecule has 1 amide bonds. The number of halogens is 3. The van der Waals surface area contributed by atoms with Gasteiger partial charge in [-0.2, -0.15) is 0 Å². The fraction of sp³-hybridized carbons (Fsp3) is 0.400. The van der Waals surface area contributed by atoms with Crippen LogP contribution in [0.5, 0.6) is 5.75 Å². The van der Waals surface area contributed by atoms with E-state index in [1.54, 1.807) is 0 Å². The van der Waals surface area contributed by atoms with Crippen molar-refractivity contribution in [2.45, 2.75) is 19.3 Å². The summed E-state index contributed by atoms with van der Waals surface area (Å²) in [5.41, 5.74) is 0. The van der Waals surface area contributed by atoms with Crippen molar-refractivity contribution in [2.75, 3.05) is 13.2 Å². The van der Waals surface area contributed by atoms with E-state index in [-0.39, 0.29) is 12.5 Å². The zero-order valence-corrected chi connectivity index (χ0v) is 13.6. The smallest absolute Gasteiger partial charge is 0.257 e. The lowest BCUT2D eigenvalue weighted by atomic mass is 9.94. The van der Waals surface area contributed by atoms with Gasteiger partial charge in [-0.25, -0.2) is 0 Å². The highest BCUT2D eigenvalue weighted by molar-refractivity contribution is 6.43. The van der Waals surface area contributed by atoms with Gasteiger partial charge >= 0.3 is 0 Å². The average Bonchev–Trinajstić information content (AvgIpc) is 2.48. The van der Waals surface area contributed by atoms with Gasteiger partial charge < -0.3 is 10.1 Å². The first-order valence-corrected chi connectivity index (χ1v) is 7.88. The number of amides is 1. The van der Waals surface area contributed by atoms with Crippen LogP contribution >= 0.6 is 34.8 Å². The number of carbonyl (C=O) groups excluding carboxylic acids is 1. The molecule has 0 saturated heterocycles. The summed E-state index contributed by atoms with van der Waals surface area (Å²) in [6.07, 6.45) is 7.53. The minimum absolute atomic E-state index is 0.0970. The van der Waals surface area contributed by atoms with E-state index in [4.69, 9.17) is 39.5 Å². The van der Waals surface area contributed by atoms with Gasteiger partial charge in [0.25, 0.3) is 5.91 Å². The van der Waals surface area contributed by atoms with Gasteiger partial charge in [0.1, 0.15) is 5.75 Å². The molecule has 0 spiro atoms. The minimum Gasteiger partial charge on any atom is -0.482 e. The van der Waals surface area contributed by atoms with Crippen molar-refractivity contribution < 1.29 is 9.53 Å². The first kappa shape index (κ1) is 16.5. The Morgan fingerprint density at radius 3 is 2.67 bits per heavy atom. The van der Waals surface area contributed by atoms with Crippen molar-refractivity contribution in [3.05, 3.63) is 39.4 Å². The molecule has 0 fully saturated rings. The second-order valence-electron chi connectivity index (χ2n) is 4.94. The van der Waals surface area contributed by atoms with Gasteiger partial charge in [0.2, 0.25) is 0 Å². The van der Waals surface area contributed by atoms with Crippen LogP contribution in [0.4, 0.5) is 0 Å². The molecule has 0 bridgehead atoms. The number of benzene rings is 1. The number of nitrogens with one attached hydrogen (secondary N) is 1. The molecular formula is C15H16Cl3NO2. The predicted molar refractivity (Wildman–Crippen MR) is 86.5 cm³/mol. The van der Waals surface area contributed by atoms with Gasteiger partial charge in [0, 0.05) is 12.6 Å². The largest absolute Gasteiger partial charge is 0.482 e. The van der Waals surface area contributed by atoms with Crippen molar-refractivity contribution in [1.82, 2.24) is 5.32 Å². The Kier molecular flexibility index (Phi) is 6.22. The summed E-state index contributed by atoms with van der Waals surface area (Å²) in [6, 6.07) is 3.00. The highest BCUT2D eigenvalue weighted by Gasteiger charge is 2.13. The maximum absolute atomic E-state index is 11.8. The molecule has 0 aromatic heterocycles. The number of hydrogen-bond donors (Lipinski definition) is 1. The third-order valence-corrected chi connectivity index (χ3v) is 4.32. The molecule has 0 saturated carbocycles. The topological polar surface area (TPSA) is 38.3 Å². The van der Waals surface area contributed by atoms with Crippen molar-refractivity contribution in [2.24, 2.45) is 5.92 Å². The number of allylic oxidation sites excluding steroid dienone is 2. The van der Waals surface area contributed by atoms with Crippen LogP contribution in [0.15, 0.2) is 24.3 Å². The maximum Gasteiger partial charge on any atom is 0.257 e. The summed E-state index contributed by atoms with van der Waals surface area (Å²) in [5, 5.41) is 3.89. The number of rotatable bonds is 5. The Morgan fingerprint density at radius 1 is 1.19 bits per heavy atom. The molecule has 1 N–H and O–H groups in total. The molecular weight excluding hydrogens is 333 g/mol. The molecule has 114 valence electrons. The van der Waals surface area contributed by atoms with E-state index in [0.29, 0.717) is 33.3 Å². The Hall–Kier alpha value is -0.900. The van der Waals surface area contributed by atoms with E-state index in [1.807, 2.05) is 0 Å². The molecule has 1 aromatic carbocycles. The molecule has 0 unspecified atom stereocenters. The monoisotopic (exact) mass is 347 g/mol. The van der Waals surface area contributed by atoms with Crippen LogP contribution in [-0.2, 0) is 4.79 Å². The van der Waals surface area contributed by atoms with Gasteiger partial charge in [-0.15, -0.1) is 0 Å². The lowest BCUT2D eigenvalue weighted by molar-refractivity contribution is -0.123. The summed E-state index contributed by atoms with van der Waals surface area (Å²) in [4.78, 5) is 11.8. The zero-order valence-electron chi connectivity index (χ0n) is 11.4. The molecule has 1 aromatic rings. The van der Waals surface area contributed by atoms with E-state index < -0.39 is 0 Å². The lowest BCUT2D eigenvalue weighted by Crippen LogP contribution is -2.33. The van der Waals surface area contributed by atoms with Crippen LogP contribution < -0.4 is 10.1 Å². The molecule has 0 radical (unpaired) electrons. The molecule has 1 aliphatic carbocycles. The van der Waals surface area contributed by atoms with Gasteiger partial charge in [0.05, 0.1) is 15.1 Å². The maximum atomic E-state index is 11.8. The number of hydrogen-bond acceptors (Lipinski definition) is 2. The third-order valence-electron chi connectivity index (χ3n) is 3.30. The minimum atomic E-state index is -0.174. The Balaban J connectivity index is 1.78. The van der Waals surface area contributed by atoms with Crippen LogP contribution in [0.3, 0.4) is 0 Å². The van der Waals surface area contributed by atoms with Crippen LogP contribution in [0.1, 0.15) is 19.3 Å². The highest BCUT2D eigenvalue weighted by atomic mass is 35.5. The first-order chi connectivity index (χ1) is 10.1. The van der Waals surface area contributed by atoms with Crippen molar-refractivity contribution in [1.29, 1.82) is 0 Å². The fourth-order valence-corrected chi connectivity index (χ4v) is 2.70. The summed E-state index contributed by atoms with van der Waals surface area (Å²) in [7, 11) is 0. The third kappa shape index (κ3) is 5.10. The van der Waals surface area contributed by atoms with Crippen LogP contribution in [0.25, 0.3) is 0 Å². The summed E-state index contributed by atoms with van der Waals surface area (Å²) < 4.78 is 5.37. The molecule has 0 heterocycles. The molecule has 0 aliphatic heterocycles. The van der Waals surface area contributed by atoms with Crippen LogP contribution in [0, 0.1) is 5.92 Å². The Bertz CT molecular complexity index is 546. The summed E-state index contributed by atoms with van der Waals surface area (Å²) in [5.74, 6) is 0.682. The van der Waals surface area contributed by atoms with E-state index in [2.05, 4.69) is 17.5 Å². The van der Waals surface area contributed by atoms with Crippen LogP contribution in [-0.4, -0.2) is 19.1 Å². The summed E-state index contributed by atoms with van der Waals surface area (Å²) in [6.45, 7) is 0.571. The molecule has 1 aliphatic rings. The van der Waals surface area contributed by atoms with Crippen molar-refractivity contribution in [3.63, 3.8) is 0 Å². The normalized spacial score (nSPS) is 17.6. The standard InChI is InChI=1S/C15H16Cl3NO2/c16-11-6-13(18)14(7-12(11)17)21-9-15(20)19-8-10-4-2-1-3-5-10/h1-2,6-7,10H,3-5,8-9H2,(H,19,20)/t10-/m0/s1. The zero-order chi connectivity index (χ0) is 15.2. The van der Waals surface area contributed by atoms with Gasteiger partial charge in [-0.05, 0) is 31.2 Å². The first-order valence-electron chi connectivity index (χ1n) is 6.75. The summed E-state index contributed by atoms with van der Waals surface area (Å²) >= 11 is 17.7. The average molecular weight is 349 g/mol. The van der Waals surface area contributed by atoms with Gasteiger partial charge in [-0.1, -0.05) is 47.0 Å². The van der Waals surface area contributed by atoms with E-state index in [0.717, 1.165) is 19.3 Å². The van der Waals surface area contributed by atoms with Crippen molar-refractivity contribution >= 4 is 40.7 Å². The molecule has 6 heteroatoms. The second kappa shape index (κ2) is 7.92. The molecule has 1 atom stereocenters. The molecule has 2 rings (SSSR count). The SMILES string of the molecule is O=C(COc1cc(Cl)c(Cl)cc1Cl)NC[C@H]1CC=CCC1. The number of carbonyl (C=O) groups is 1. The fourth-order valence-electron chi connectivity index (χ4n) is 2.11.